The van der Waals surface area contributed by atoms with Gasteiger partial charge in [0.25, 0.3) is 0 Å². The summed E-state index contributed by atoms with van der Waals surface area (Å²) in [6.07, 6.45) is 2.01. The number of alkyl halides is 1. The highest BCUT2D eigenvalue weighted by Gasteiger charge is 2.22. The Morgan fingerprint density at radius 2 is 2.21 bits per heavy atom. The predicted octanol–water partition coefficient (Wildman–Crippen LogP) is 3.14. The number of hydrogen-bond acceptors (Lipinski definition) is 3. The Hall–Kier alpha value is -1.26. The second-order valence-corrected chi connectivity index (χ2v) is 4.97. The minimum absolute atomic E-state index is 0.412. The van der Waals surface area contributed by atoms with Gasteiger partial charge in [-0.1, -0.05) is 6.07 Å². The third-order valence-electron chi connectivity index (χ3n) is 3.65. The van der Waals surface area contributed by atoms with Crippen LogP contribution in [-0.4, -0.2) is 29.9 Å². The minimum Gasteiger partial charge on any atom is -0.494 e. The van der Waals surface area contributed by atoms with Gasteiger partial charge in [0.05, 0.1) is 18.5 Å². The third-order valence-corrected chi connectivity index (χ3v) is 3.89. The lowest BCUT2D eigenvalue weighted by atomic mass is 10.1. The zero-order valence-electron chi connectivity index (χ0n) is 10.9. The maximum Gasteiger partial charge on any atom is 0.146 e. The number of para-hydroxylation sites is 1. The van der Waals surface area contributed by atoms with Gasteiger partial charge in [-0.2, -0.15) is 0 Å². The molecule has 1 aromatic carbocycles. The average Bonchev–Trinajstić information content (AvgIpc) is 2.86. The van der Waals surface area contributed by atoms with Crippen molar-refractivity contribution >= 4 is 22.6 Å². The van der Waals surface area contributed by atoms with Crippen LogP contribution in [0.4, 0.5) is 0 Å². The Morgan fingerprint density at radius 1 is 1.42 bits per heavy atom. The zero-order valence-corrected chi connectivity index (χ0v) is 11.7. The summed E-state index contributed by atoms with van der Waals surface area (Å²) in [5, 5.41) is 0. The van der Waals surface area contributed by atoms with Crippen LogP contribution in [0.5, 0.6) is 5.75 Å². The monoisotopic (exact) mass is 280 g/mol. The first-order valence-corrected chi connectivity index (χ1v) is 7.06. The van der Waals surface area contributed by atoms with Gasteiger partial charge in [0.1, 0.15) is 17.1 Å². The standard InChI is InChI=1S/C14H17ClN2O2/c1-18-12-4-2-3-11-14(12)16-13(9-15)17(11)10-5-7-19-8-6-10/h2-4,10H,5-9H2,1H3. The number of ether oxygens (including phenoxy) is 2. The summed E-state index contributed by atoms with van der Waals surface area (Å²) < 4.78 is 13.1. The van der Waals surface area contributed by atoms with Gasteiger partial charge >= 0.3 is 0 Å². The van der Waals surface area contributed by atoms with E-state index >= 15 is 0 Å². The fraction of sp³-hybridized carbons (Fsp3) is 0.500. The van der Waals surface area contributed by atoms with E-state index in [4.69, 9.17) is 21.1 Å². The SMILES string of the molecule is COc1cccc2c1nc(CCl)n2C1CCOCC1. The van der Waals surface area contributed by atoms with Gasteiger partial charge in [-0.15, -0.1) is 11.6 Å². The van der Waals surface area contributed by atoms with E-state index in [9.17, 15) is 0 Å². The molecule has 5 heteroatoms. The first kappa shape index (κ1) is 12.8. The largest absolute Gasteiger partial charge is 0.494 e. The number of hydrogen-bond donors (Lipinski definition) is 0. The van der Waals surface area contributed by atoms with Crippen molar-refractivity contribution in [2.24, 2.45) is 0 Å². The highest BCUT2D eigenvalue weighted by Crippen LogP contribution is 2.32. The summed E-state index contributed by atoms with van der Waals surface area (Å²) in [7, 11) is 1.67. The van der Waals surface area contributed by atoms with Crippen LogP contribution in [0, 0.1) is 0 Å². The number of methoxy groups -OCH3 is 1. The number of benzene rings is 1. The molecule has 1 fully saturated rings. The van der Waals surface area contributed by atoms with E-state index in [-0.39, 0.29) is 0 Å². The molecular formula is C14H17ClN2O2. The smallest absolute Gasteiger partial charge is 0.146 e. The highest BCUT2D eigenvalue weighted by molar-refractivity contribution is 6.16. The Morgan fingerprint density at radius 3 is 2.89 bits per heavy atom. The Kier molecular flexibility index (Phi) is 3.62. The van der Waals surface area contributed by atoms with Gasteiger partial charge in [-0.05, 0) is 25.0 Å². The molecule has 3 rings (SSSR count). The zero-order chi connectivity index (χ0) is 13.2. The maximum absolute atomic E-state index is 6.06. The van der Waals surface area contributed by atoms with Gasteiger partial charge in [-0.25, -0.2) is 4.98 Å². The normalized spacial score (nSPS) is 16.9. The van der Waals surface area contributed by atoms with Crippen molar-refractivity contribution in [2.75, 3.05) is 20.3 Å². The van der Waals surface area contributed by atoms with Gasteiger partial charge in [-0.3, -0.25) is 0 Å². The van der Waals surface area contributed by atoms with Crippen LogP contribution in [0.25, 0.3) is 11.0 Å². The average molecular weight is 281 g/mol. The van der Waals surface area contributed by atoms with E-state index in [2.05, 4.69) is 15.6 Å². The number of aromatic nitrogens is 2. The lowest BCUT2D eigenvalue weighted by molar-refractivity contribution is 0.0700. The molecule has 1 saturated heterocycles. The van der Waals surface area contributed by atoms with E-state index in [1.165, 1.54) is 0 Å². The van der Waals surface area contributed by atoms with Gasteiger partial charge < -0.3 is 14.0 Å². The number of fused-ring (bicyclic) bond motifs is 1. The minimum atomic E-state index is 0.412. The second-order valence-electron chi connectivity index (χ2n) is 4.70. The van der Waals surface area contributed by atoms with E-state index < -0.39 is 0 Å². The van der Waals surface area contributed by atoms with E-state index in [1.807, 2.05) is 12.1 Å². The molecule has 0 spiro atoms. The van der Waals surface area contributed by atoms with Crippen molar-refractivity contribution in [1.82, 2.24) is 9.55 Å². The molecule has 0 atom stereocenters. The maximum atomic E-state index is 6.06. The Balaban J connectivity index is 2.15. The number of rotatable bonds is 3. The summed E-state index contributed by atoms with van der Waals surface area (Å²) in [5.41, 5.74) is 1.99. The molecule has 19 heavy (non-hydrogen) atoms. The van der Waals surface area contributed by atoms with E-state index in [1.54, 1.807) is 7.11 Å². The van der Waals surface area contributed by atoms with Crippen LogP contribution in [0.2, 0.25) is 0 Å². The van der Waals surface area contributed by atoms with Crippen LogP contribution in [0.3, 0.4) is 0 Å². The summed E-state index contributed by atoms with van der Waals surface area (Å²) >= 11 is 6.06. The molecule has 0 aliphatic carbocycles. The van der Waals surface area contributed by atoms with Gasteiger partial charge in [0, 0.05) is 19.3 Å². The molecule has 2 heterocycles. The molecule has 1 aromatic heterocycles. The second kappa shape index (κ2) is 5.39. The number of nitrogens with zero attached hydrogens (tertiary/aromatic N) is 2. The van der Waals surface area contributed by atoms with Gasteiger partial charge in [0.15, 0.2) is 0 Å². The van der Waals surface area contributed by atoms with Crippen molar-refractivity contribution in [2.45, 2.75) is 24.8 Å². The molecule has 0 bridgehead atoms. The molecule has 0 amide bonds. The van der Waals surface area contributed by atoms with Crippen molar-refractivity contribution in [3.8, 4) is 5.75 Å². The number of imidazole rings is 1. The number of halogens is 1. The Labute approximate surface area is 117 Å². The first-order valence-electron chi connectivity index (χ1n) is 6.52. The van der Waals surface area contributed by atoms with Crippen molar-refractivity contribution in [3.63, 3.8) is 0 Å². The van der Waals surface area contributed by atoms with Gasteiger partial charge in [0.2, 0.25) is 0 Å². The van der Waals surface area contributed by atoms with Crippen LogP contribution in [0.15, 0.2) is 18.2 Å². The molecule has 102 valence electrons. The molecule has 1 aliphatic heterocycles. The quantitative estimate of drug-likeness (QED) is 0.811. The lowest BCUT2D eigenvalue weighted by Gasteiger charge is -2.25. The first-order chi connectivity index (χ1) is 9.35. The molecule has 1 aliphatic rings. The highest BCUT2D eigenvalue weighted by atomic mass is 35.5. The molecule has 0 unspecified atom stereocenters. The summed E-state index contributed by atoms with van der Waals surface area (Å²) in [6, 6.07) is 6.42. The third kappa shape index (κ3) is 2.19. The summed E-state index contributed by atoms with van der Waals surface area (Å²) in [5.74, 6) is 2.12. The predicted molar refractivity (Wildman–Crippen MR) is 74.9 cm³/mol. The molecule has 0 saturated carbocycles. The summed E-state index contributed by atoms with van der Waals surface area (Å²) in [6.45, 7) is 1.60. The van der Waals surface area contributed by atoms with Crippen molar-refractivity contribution < 1.29 is 9.47 Å². The molecular weight excluding hydrogens is 264 g/mol. The topological polar surface area (TPSA) is 36.3 Å². The van der Waals surface area contributed by atoms with Crippen LogP contribution in [0.1, 0.15) is 24.7 Å². The fourth-order valence-corrected chi connectivity index (χ4v) is 2.94. The van der Waals surface area contributed by atoms with Crippen molar-refractivity contribution in [1.29, 1.82) is 0 Å². The van der Waals surface area contributed by atoms with Crippen LogP contribution in [-0.2, 0) is 10.6 Å². The van der Waals surface area contributed by atoms with E-state index in [0.717, 1.165) is 48.7 Å². The molecule has 2 aromatic rings. The van der Waals surface area contributed by atoms with Crippen molar-refractivity contribution in [3.05, 3.63) is 24.0 Å². The lowest BCUT2D eigenvalue weighted by Crippen LogP contribution is -2.20. The molecule has 0 N–H and O–H groups in total. The summed E-state index contributed by atoms with van der Waals surface area (Å²) in [4.78, 5) is 4.64. The Bertz CT molecular complexity index is 576. The van der Waals surface area contributed by atoms with Crippen LogP contribution >= 0.6 is 11.6 Å². The fourth-order valence-electron chi connectivity index (χ4n) is 2.75. The van der Waals surface area contributed by atoms with E-state index in [0.29, 0.717) is 11.9 Å². The molecule has 4 nitrogen and oxygen atoms in total. The van der Waals surface area contributed by atoms with Crippen LogP contribution < -0.4 is 4.74 Å². The molecule has 0 radical (unpaired) electrons.